The van der Waals surface area contributed by atoms with Crippen molar-refractivity contribution in [3.8, 4) is 0 Å². The van der Waals surface area contributed by atoms with Crippen LogP contribution in [-0.2, 0) is 4.79 Å². The van der Waals surface area contributed by atoms with Gasteiger partial charge in [-0.2, -0.15) is 0 Å². The number of hydrogen-bond acceptors (Lipinski definition) is 5. The van der Waals surface area contributed by atoms with E-state index in [1.807, 2.05) is 48.1 Å². The molecule has 1 unspecified atom stereocenters. The molecule has 2 aromatic heterocycles. The van der Waals surface area contributed by atoms with Crippen molar-refractivity contribution in [1.29, 1.82) is 0 Å². The van der Waals surface area contributed by atoms with Crippen molar-refractivity contribution in [2.75, 3.05) is 5.75 Å². The molecule has 164 valence electrons. The van der Waals surface area contributed by atoms with Crippen molar-refractivity contribution in [1.82, 2.24) is 9.97 Å². The molecule has 0 aliphatic rings. The van der Waals surface area contributed by atoms with Crippen LogP contribution in [0.2, 0.25) is 0 Å². The summed E-state index contributed by atoms with van der Waals surface area (Å²) in [6.07, 6.45) is 8.80. The minimum atomic E-state index is 0.287. The highest BCUT2D eigenvalue weighted by Gasteiger charge is 2.14. The van der Waals surface area contributed by atoms with Gasteiger partial charge in [0.25, 0.3) is 0 Å². The van der Waals surface area contributed by atoms with Gasteiger partial charge in [0.05, 0.1) is 11.0 Å². The molecule has 4 aromatic rings. The number of benzene rings is 2. The van der Waals surface area contributed by atoms with Crippen LogP contribution in [0.4, 0.5) is 0 Å². The van der Waals surface area contributed by atoms with Crippen LogP contribution in [0.25, 0.3) is 21.8 Å². The van der Waals surface area contributed by atoms with E-state index in [1.165, 1.54) is 20.6 Å². The molecule has 2 heterocycles. The van der Waals surface area contributed by atoms with Gasteiger partial charge in [-0.15, -0.1) is 23.5 Å². The molecule has 0 spiro atoms. The molecular formula is C27H28N2OS2. The van der Waals surface area contributed by atoms with E-state index in [9.17, 15) is 4.79 Å². The molecule has 5 heteroatoms. The van der Waals surface area contributed by atoms with E-state index in [1.54, 1.807) is 6.92 Å². The second-order valence-electron chi connectivity index (χ2n) is 7.98. The Kier molecular flexibility index (Phi) is 8.18. The summed E-state index contributed by atoms with van der Waals surface area (Å²) in [4.78, 5) is 22.9. The number of unbranched alkanes of at least 4 members (excludes halogenated alkanes) is 1. The van der Waals surface area contributed by atoms with Crippen molar-refractivity contribution >= 4 is 51.1 Å². The van der Waals surface area contributed by atoms with E-state index in [4.69, 9.17) is 0 Å². The average molecular weight is 461 g/mol. The predicted molar refractivity (Wildman–Crippen MR) is 138 cm³/mol. The molecule has 0 bridgehead atoms. The van der Waals surface area contributed by atoms with Crippen LogP contribution in [0.15, 0.2) is 82.8 Å². The maximum atomic E-state index is 11.3. The molecule has 1 atom stereocenters. The molecule has 0 fully saturated rings. The van der Waals surface area contributed by atoms with Crippen LogP contribution < -0.4 is 0 Å². The normalized spacial score (nSPS) is 12.3. The first-order chi connectivity index (χ1) is 15.7. The van der Waals surface area contributed by atoms with Crippen LogP contribution in [0.5, 0.6) is 0 Å². The van der Waals surface area contributed by atoms with Gasteiger partial charge in [0.1, 0.15) is 5.78 Å². The molecule has 0 amide bonds. The Labute approximate surface area is 198 Å². The van der Waals surface area contributed by atoms with Crippen molar-refractivity contribution in [3.63, 3.8) is 0 Å². The third kappa shape index (κ3) is 6.11. The first-order valence-electron chi connectivity index (χ1n) is 11.2. The van der Waals surface area contributed by atoms with E-state index < -0.39 is 0 Å². The number of thioether (sulfide) groups is 2. The lowest BCUT2D eigenvalue weighted by atomic mass is 10.1. The zero-order chi connectivity index (χ0) is 22.2. The fourth-order valence-electron chi connectivity index (χ4n) is 3.86. The molecule has 2 aromatic carbocycles. The molecule has 32 heavy (non-hydrogen) atoms. The summed E-state index contributed by atoms with van der Waals surface area (Å²) in [5.74, 6) is 1.34. The monoisotopic (exact) mass is 460 g/mol. The number of hydrogen-bond donors (Lipinski definition) is 0. The standard InChI is InChI=1S/C27H28N2OS2/c1-20(30)8-2-3-9-21(32-27-15-18-29-25-13-7-5-11-23(25)27)16-19-31-26-14-17-28-24-12-6-4-10-22(24)26/h4-7,10-15,17-18,21H,2-3,8-9,16,19H2,1H3. The summed E-state index contributed by atoms with van der Waals surface area (Å²) >= 11 is 3.88. The molecule has 4 rings (SSSR count). The molecule has 0 saturated heterocycles. The number of pyridine rings is 2. The minimum Gasteiger partial charge on any atom is -0.300 e. The zero-order valence-corrected chi connectivity index (χ0v) is 20.0. The Hall–Kier alpha value is -2.37. The topological polar surface area (TPSA) is 42.9 Å². The summed E-state index contributed by atoms with van der Waals surface area (Å²) in [5, 5.41) is 2.96. The number of aromatic nitrogens is 2. The number of carbonyl (C=O) groups excluding carboxylic acids is 1. The van der Waals surface area contributed by atoms with Crippen molar-refractivity contribution in [3.05, 3.63) is 73.1 Å². The van der Waals surface area contributed by atoms with Crippen LogP contribution in [-0.4, -0.2) is 26.8 Å². The van der Waals surface area contributed by atoms with E-state index in [0.717, 1.165) is 42.5 Å². The summed E-state index contributed by atoms with van der Waals surface area (Å²) in [6.45, 7) is 1.69. The smallest absolute Gasteiger partial charge is 0.129 e. The van der Waals surface area contributed by atoms with Crippen molar-refractivity contribution in [2.45, 2.75) is 54.1 Å². The van der Waals surface area contributed by atoms with Gasteiger partial charge < -0.3 is 4.79 Å². The first-order valence-corrected chi connectivity index (χ1v) is 13.0. The summed E-state index contributed by atoms with van der Waals surface area (Å²) < 4.78 is 0. The van der Waals surface area contributed by atoms with Crippen molar-refractivity contribution in [2.24, 2.45) is 0 Å². The van der Waals surface area contributed by atoms with Gasteiger partial charge >= 0.3 is 0 Å². The maximum Gasteiger partial charge on any atom is 0.129 e. The largest absolute Gasteiger partial charge is 0.300 e. The highest BCUT2D eigenvalue weighted by atomic mass is 32.2. The number of rotatable bonds is 11. The van der Waals surface area contributed by atoms with E-state index >= 15 is 0 Å². The number of carbonyl (C=O) groups is 1. The highest BCUT2D eigenvalue weighted by Crippen LogP contribution is 2.35. The van der Waals surface area contributed by atoms with Crippen molar-refractivity contribution < 1.29 is 4.79 Å². The Morgan fingerprint density at radius 2 is 1.44 bits per heavy atom. The van der Waals surface area contributed by atoms with Gasteiger partial charge in [-0.25, -0.2) is 0 Å². The third-order valence-electron chi connectivity index (χ3n) is 5.51. The highest BCUT2D eigenvalue weighted by molar-refractivity contribution is 8.00. The summed E-state index contributed by atoms with van der Waals surface area (Å²) in [6, 6.07) is 21.0. The number of para-hydroxylation sites is 2. The summed E-state index contributed by atoms with van der Waals surface area (Å²) in [5.41, 5.74) is 2.10. The van der Waals surface area contributed by atoms with Gasteiger partial charge in [0.15, 0.2) is 0 Å². The van der Waals surface area contributed by atoms with E-state index in [0.29, 0.717) is 11.7 Å². The Balaban J connectivity index is 1.44. The zero-order valence-electron chi connectivity index (χ0n) is 18.4. The van der Waals surface area contributed by atoms with Gasteiger partial charge in [-0.05, 0) is 56.2 Å². The average Bonchev–Trinajstić information content (AvgIpc) is 2.82. The molecule has 0 N–H and O–H groups in total. The SMILES string of the molecule is CC(=O)CCCCC(CCSc1ccnc2ccccc12)Sc1ccnc2ccccc12. The van der Waals surface area contributed by atoms with Gasteiger partial charge in [0.2, 0.25) is 0 Å². The third-order valence-corrected chi connectivity index (χ3v) is 8.04. The van der Waals surface area contributed by atoms with Gasteiger partial charge in [0, 0.05) is 44.6 Å². The van der Waals surface area contributed by atoms with Gasteiger partial charge in [-0.1, -0.05) is 42.8 Å². The molecule has 0 aliphatic carbocycles. The van der Waals surface area contributed by atoms with Crippen LogP contribution in [0, 0.1) is 0 Å². The van der Waals surface area contributed by atoms with E-state index in [-0.39, 0.29) is 5.78 Å². The second kappa shape index (κ2) is 11.5. The van der Waals surface area contributed by atoms with Crippen LogP contribution in [0.1, 0.15) is 39.0 Å². The molecule has 0 radical (unpaired) electrons. The minimum absolute atomic E-state index is 0.287. The van der Waals surface area contributed by atoms with Gasteiger partial charge in [-0.3, -0.25) is 9.97 Å². The number of Topliss-reactive ketones (excluding diaryl/α,β-unsaturated/α-hetero) is 1. The molecule has 0 aliphatic heterocycles. The number of nitrogens with zero attached hydrogens (tertiary/aromatic N) is 2. The predicted octanol–water partition coefficient (Wildman–Crippen LogP) is 7.58. The molecule has 3 nitrogen and oxygen atoms in total. The maximum absolute atomic E-state index is 11.3. The number of ketones is 1. The quantitative estimate of drug-likeness (QED) is 0.170. The number of fused-ring (bicyclic) bond motifs is 2. The van der Waals surface area contributed by atoms with E-state index in [2.05, 4.69) is 58.5 Å². The lowest BCUT2D eigenvalue weighted by molar-refractivity contribution is -0.117. The lowest BCUT2D eigenvalue weighted by Gasteiger charge is -2.18. The molecular weight excluding hydrogens is 432 g/mol. The summed E-state index contributed by atoms with van der Waals surface area (Å²) in [7, 11) is 0. The Bertz CT molecular complexity index is 1180. The Morgan fingerprint density at radius 1 is 0.812 bits per heavy atom. The van der Waals surface area contributed by atoms with Crippen LogP contribution >= 0.6 is 23.5 Å². The molecule has 0 saturated carbocycles. The lowest BCUT2D eigenvalue weighted by Crippen LogP contribution is -2.05. The first kappa shape index (κ1) is 22.8. The fraction of sp³-hybridized carbons (Fsp3) is 0.296. The van der Waals surface area contributed by atoms with Crippen LogP contribution in [0.3, 0.4) is 0 Å². The second-order valence-corrected chi connectivity index (χ2v) is 10.5. The fourth-order valence-corrected chi connectivity index (χ4v) is 6.43. The Morgan fingerprint density at radius 3 is 2.12 bits per heavy atom.